The van der Waals surface area contributed by atoms with Crippen molar-refractivity contribution in [3.63, 3.8) is 0 Å². The van der Waals surface area contributed by atoms with Crippen molar-refractivity contribution >= 4 is 22.9 Å². The fourth-order valence-corrected chi connectivity index (χ4v) is 2.42. The predicted molar refractivity (Wildman–Crippen MR) is 81.4 cm³/mol. The van der Waals surface area contributed by atoms with Gasteiger partial charge in [-0.3, -0.25) is 14.9 Å². The SMILES string of the molecule is Cc1cc([N+](=O)[O-])cn(Cc2cn3cc(Cl)ccc3n2)c1=O. The van der Waals surface area contributed by atoms with Gasteiger partial charge in [-0.25, -0.2) is 4.98 Å². The van der Waals surface area contributed by atoms with Gasteiger partial charge in [0.1, 0.15) is 5.65 Å². The normalized spacial score (nSPS) is 11.0. The minimum atomic E-state index is -0.521. The standard InChI is InChI=1S/C14H11ClN4O3/c1-9-4-12(19(21)22)8-18(14(9)20)7-11-6-17-5-10(15)2-3-13(17)16-11/h2-6,8H,7H2,1H3. The van der Waals surface area contributed by atoms with Crippen LogP contribution in [0.25, 0.3) is 5.65 Å². The van der Waals surface area contributed by atoms with Crippen LogP contribution in [0.5, 0.6) is 0 Å². The molecule has 112 valence electrons. The van der Waals surface area contributed by atoms with Crippen LogP contribution in [0.3, 0.4) is 0 Å². The predicted octanol–water partition coefficient (Wildman–Crippen LogP) is 2.41. The van der Waals surface area contributed by atoms with Crippen LogP contribution in [0, 0.1) is 17.0 Å². The van der Waals surface area contributed by atoms with E-state index in [9.17, 15) is 14.9 Å². The van der Waals surface area contributed by atoms with Gasteiger partial charge in [0.2, 0.25) is 0 Å². The summed E-state index contributed by atoms with van der Waals surface area (Å²) in [6, 6.07) is 4.74. The summed E-state index contributed by atoms with van der Waals surface area (Å²) in [4.78, 5) is 26.9. The van der Waals surface area contributed by atoms with E-state index in [0.29, 0.717) is 21.9 Å². The Kier molecular flexibility index (Phi) is 3.42. The number of rotatable bonds is 3. The molecule has 0 fully saturated rings. The molecule has 0 radical (unpaired) electrons. The fraction of sp³-hybridized carbons (Fsp3) is 0.143. The summed E-state index contributed by atoms with van der Waals surface area (Å²) in [6.45, 7) is 1.70. The van der Waals surface area contributed by atoms with Crippen LogP contribution < -0.4 is 5.56 Å². The van der Waals surface area contributed by atoms with Gasteiger partial charge >= 0.3 is 0 Å². The van der Waals surface area contributed by atoms with Crippen molar-refractivity contribution < 1.29 is 4.92 Å². The van der Waals surface area contributed by atoms with Crippen LogP contribution in [0.1, 0.15) is 11.3 Å². The lowest BCUT2D eigenvalue weighted by atomic mass is 10.3. The molecule has 0 unspecified atom stereocenters. The Morgan fingerprint density at radius 1 is 1.32 bits per heavy atom. The largest absolute Gasteiger partial charge is 0.305 e. The van der Waals surface area contributed by atoms with Crippen molar-refractivity contribution in [2.24, 2.45) is 0 Å². The van der Waals surface area contributed by atoms with Gasteiger partial charge in [-0.2, -0.15) is 0 Å². The lowest BCUT2D eigenvalue weighted by molar-refractivity contribution is -0.385. The number of hydrogen-bond donors (Lipinski definition) is 0. The zero-order chi connectivity index (χ0) is 15.9. The zero-order valence-electron chi connectivity index (χ0n) is 11.6. The second-order valence-corrected chi connectivity index (χ2v) is 5.35. The Morgan fingerprint density at radius 2 is 2.09 bits per heavy atom. The Morgan fingerprint density at radius 3 is 2.82 bits per heavy atom. The minimum absolute atomic E-state index is 0.121. The third kappa shape index (κ3) is 2.58. The number of nitro groups is 1. The van der Waals surface area contributed by atoms with E-state index < -0.39 is 4.92 Å². The first-order chi connectivity index (χ1) is 10.4. The summed E-state index contributed by atoms with van der Waals surface area (Å²) >= 11 is 5.91. The van der Waals surface area contributed by atoms with Crippen molar-refractivity contribution in [3.8, 4) is 0 Å². The van der Waals surface area contributed by atoms with E-state index in [0.717, 1.165) is 0 Å². The number of pyridine rings is 2. The Bertz CT molecular complexity index is 945. The summed E-state index contributed by atoms with van der Waals surface area (Å²) in [7, 11) is 0. The Labute approximate surface area is 129 Å². The first-order valence-electron chi connectivity index (χ1n) is 6.42. The van der Waals surface area contributed by atoms with Crippen LogP contribution >= 0.6 is 11.6 Å². The molecule has 7 nitrogen and oxygen atoms in total. The fourth-order valence-electron chi connectivity index (χ4n) is 2.25. The van der Waals surface area contributed by atoms with Crippen LogP contribution in [0.15, 0.2) is 41.6 Å². The molecule has 0 spiro atoms. The first kappa shape index (κ1) is 14.3. The van der Waals surface area contributed by atoms with Gasteiger partial charge in [-0.1, -0.05) is 11.6 Å². The monoisotopic (exact) mass is 318 g/mol. The lowest BCUT2D eigenvalue weighted by Crippen LogP contribution is -2.22. The van der Waals surface area contributed by atoms with Crippen molar-refractivity contribution in [2.75, 3.05) is 0 Å². The van der Waals surface area contributed by atoms with Crippen molar-refractivity contribution in [1.29, 1.82) is 0 Å². The molecular formula is C14H11ClN4O3. The first-order valence-corrected chi connectivity index (χ1v) is 6.80. The van der Waals surface area contributed by atoms with E-state index in [1.807, 2.05) is 0 Å². The number of aryl methyl sites for hydroxylation is 1. The van der Waals surface area contributed by atoms with Crippen LogP contribution in [0.4, 0.5) is 5.69 Å². The average molecular weight is 319 g/mol. The summed E-state index contributed by atoms with van der Waals surface area (Å²) in [5.74, 6) is 0. The molecule has 0 bridgehead atoms. The van der Waals surface area contributed by atoms with Crippen LogP contribution in [-0.2, 0) is 6.54 Å². The lowest BCUT2D eigenvalue weighted by Gasteiger charge is -2.04. The molecule has 0 saturated heterocycles. The number of nitrogens with zero attached hydrogens (tertiary/aromatic N) is 4. The third-order valence-corrected chi connectivity index (χ3v) is 3.48. The van der Waals surface area contributed by atoms with Gasteiger partial charge in [0.05, 0.1) is 28.4 Å². The van der Waals surface area contributed by atoms with Gasteiger partial charge in [-0.05, 0) is 19.1 Å². The van der Waals surface area contributed by atoms with Crippen LogP contribution in [-0.4, -0.2) is 18.9 Å². The van der Waals surface area contributed by atoms with Gasteiger partial charge in [0, 0.05) is 24.0 Å². The summed E-state index contributed by atoms with van der Waals surface area (Å²) < 4.78 is 3.03. The van der Waals surface area contributed by atoms with E-state index in [1.54, 1.807) is 35.9 Å². The van der Waals surface area contributed by atoms with E-state index in [1.165, 1.54) is 16.8 Å². The van der Waals surface area contributed by atoms with Gasteiger partial charge in [0.15, 0.2) is 0 Å². The zero-order valence-corrected chi connectivity index (χ0v) is 12.3. The van der Waals surface area contributed by atoms with E-state index in [-0.39, 0.29) is 17.8 Å². The molecule has 3 aromatic heterocycles. The second kappa shape index (κ2) is 5.27. The van der Waals surface area contributed by atoms with E-state index in [2.05, 4.69) is 4.98 Å². The van der Waals surface area contributed by atoms with Crippen molar-refractivity contribution in [3.05, 3.63) is 73.5 Å². The molecule has 0 amide bonds. The number of hydrogen-bond acceptors (Lipinski definition) is 4. The number of imidazole rings is 1. The number of fused-ring (bicyclic) bond motifs is 1. The quantitative estimate of drug-likeness (QED) is 0.548. The molecule has 0 aliphatic heterocycles. The number of aromatic nitrogens is 3. The minimum Gasteiger partial charge on any atom is -0.305 e. The van der Waals surface area contributed by atoms with E-state index in [4.69, 9.17) is 11.6 Å². The molecule has 3 aromatic rings. The molecular weight excluding hydrogens is 308 g/mol. The Balaban J connectivity index is 2.04. The maximum atomic E-state index is 12.1. The highest BCUT2D eigenvalue weighted by atomic mass is 35.5. The summed E-state index contributed by atoms with van der Waals surface area (Å²) in [5.41, 5.74) is 1.23. The van der Waals surface area contributed by atoms with Crippen LogP contribution in [0.2, 0.25) is 5.02 Å². The second-order valence-electron chi connectivity index (χ2n) is 4.92. The maximum Gasteiger partial charge on any atom is 0.286 e. The van der Waals surface area contributed by atoms with Crippen molar-refractivity contribution in [1.82, 2.24) is 14.0 Å². The van der Waals surface area contributed by atoms with E-state index >= 15 is 0 Å². The molecule has 0 aromatic carbocycles. The number of halogens is 1. The molecule has 3 heterocycles. The molecule has 0 atom stereocenters. The van der Waals surface area contributed by atoms with Crippen molar-refractivity contribution in [2.45, 2.75) is 13.5 Å². The van der Waals surface area contributed by atoms with Gasteiger partial charge in [-0.15, -0.1) is 0 Å². The third-order valence-electron chi connectivity index (χ3n) is 3.26. The maximum absolute atomic E-state index is 12.1. The highest BCUT2D eigenvalue weighted by molar-refractivity contribution is 6.30. The molecule has 0 saturated carbocycles. The highest BCUT2D eigenvalue weighted by Gasteiger charge is 2.12. The average Bonchev–Trinajstić information content (AvgIpc) is 2.84. The summed E-state index contributed by atoms with van der Waals surface area (Å²) in [6.07, 6.45) is 4.67. The molecule has 3 rings (SSSR count). The molecule has 0 aliphatic rings. The van der Waals surface area contributed by atoms with Gasteiger partial charge < -0.3 is 8.97 Å². The smallest absolute Gasteiger partial charge is 0.286 e. The molecule has 8 heteroatoms. The Hall–Kier alpha value is -2.67. The summed E-state index contributed by atoms with van der Waals surface area (Å²) in [5, 5.41) is 11.5. The highest BCUT2D eigenvalue weighted by Crippen LogP contribution is 2.14. The van der Waals surface area contributed by atoms with Gasteiger partial charge in [0.25, 0.3) is 11.2 Å². The molecule has 0 N–H and O–H groups in total. The molecule has 22 heavy (non-hydrogen) atoms. The topological polar surface area (TPSA) is 82.4 Å². The molecule has 0 aliphatic carbocycles.